The molecule has 0 bridgehead atoms. The van der Waals surface area contributed by atoms with E-state index in [1.54, 1.807) is 0 Å². The van der Waals surface area contributed by atoms with Gasteiger partial charge in [0.25, 0.3) is 0 Å². The fraction of sp³-hybridized carbons (Fsp3) is 0.0943. The molecule has 0 saturated heterocycles. The lowest BCUT2D eigenvalue weighted by Crippen LogP contribution is -2.23. The van der Waals surface area contributed by atoms with Crippen molar-refractivity contribution >= 4 is 48.6 Å². The van der Waals surface area contributed by atoms with E-state index >= 15 is 0 Å². The molecule has 0 atom stereocenters. The van der Waals surface area contributed by atoms with Crippen LogP contribution in [0.15, 0.2) is 182 Å². The minimum atomic E-state index is -0.327. The molecule has 1 nitrogen and oxygen atoms in total. The Morgan fingerprint density at radius 1 is 0.418 bits per heavy atom. The first-order valence-electron chi connectivity index (χ1n) is 19.3. The summed E-state index contributed by atoms with van der Waals surface area (Å²) in [6.07, 6.45) is 0. The van der Waals surface area contributed by atoms with Crippen LogP contribution in [-0.4, -0.2) is 0 Å². The van der Waals surface area contributed by atoms with Gasteiger partial charge < -0.3 is 4.90 Å². The molecule has 11 rings (SSSR count). The zero-order valence-corrected chi connectivity index (χ0v) is 32.0. The van der Waals surface area contributed by atoms with Gasteiger partial charge in [0.15, 0.2) is 0 Å². The molecule has 0 fully saturated rings. The standard InChI is InChI=1S/C53H39NS/c1-52(2)45-21-11-7-17-39(45)42-30-27-35(31-48(42)52)34-25-28-38(29-26-34)54(37-15-5-4-6-16-37)49-33-36(32-44-43-20-10-14-24-50(43)55-51(44)49)53(3)46-22-12-8-18-40(46)41-19-9-13-23-47(41)53/h4-33H,1-3H3. The molecule has 0 unspecified atom stereocenters. The van der Waals surface area contributed by atoms with E-state index in [1.165, 1.54) is 87.1 Å². The highest BCUT2D eigenvalue weighted by Gasteiger charge is 2.41. The van der Waals surface area contributed by atoms with Crippen LogP contribution in [0, 0.1) is 0 Å². The first kappa shape index (κ1) is 32.2. The fourth-order valence-corrected chi connectivity index (χ4v) is 10.9. The molecule has 0 amide bonds. The maximum Gasteiger partial charge on any atom is 0.0643 e. The predicted octanol–water partition coefficient (Wildman–Crippen LogP) is 14.8. The highest BCUT2D eigenvalue weighted by molar-refractivity contribution is 7.26. The quantitative estimate of drug-likeness (QED) is 0.171. The molecule has 1 heterocycles. The first-order chi connectivity index (χ1) is 26.9. The zero-order chi connectivity index (χ0) is 36.9. The van der Waals surface area contributed by atoms with E-state index in [4.69, 9.17) is 0 Å². The van der Waals surface area contributed by atoms with E-state index in [0.717, 1.165) is 11.4 Å². The molecule has 0 spiro atoms. The van der Waals surface area contributed by atoms with E-state index in [9.17, 15) is 0 Å². The van der Waals surface area contributed by atoms with Crippen molar-refractivity contribution in [2.45, 2.75) is 31.6 Å². The molecule has 0 saturated carbocycles. The zero-order valence-electron chi connectivity index (χ0n) is 31.2. The van der Waals surface area contributed by atoms with Crippen LogP contribution in [0.3, 0.4) is 0 Å². The molecular formula is C53H39NS. The van der Waals surface area contributed by atoms with Crippen LogP contribution in [0.1, 0.15) is 48.6 Å². The van der Waals surface area contributed by atoms with Crippen molar-refractivity contribution in [1.29, 1.82) is 0 Å². The molecule has 0 radical (unpaired) electrons. The second kappa shape index (κ2) is 11.9. The summed E-state index contributed by atoms with van der Waals surface area (Å²) in [5, 5.41) is 2.61. The van der Waals surface area contributed by atoms with Crippen molar-refractivity contribution < 1.29 is 0 Å². The largest absolute Gasteiger partial charge is 0.309 e. The summed E-state index contributed by atoms with van der Waals surface area (Å²) in [5.41, 5.74) is 17.8. The molecule has 9 aromatic rings. The fourth-order valence-electron chi connectivity index (χ4n) is 9.72. The lowest BCUT2D eigenvalue weighted by Gasteiger charge is -2.32. The maximum absolute atomic E-state index is 2.48. The number of para-hydroxylation sites is 1. The second-order valence-electron chi connectivity index (χ2n) is 15.8. The number of hydrogen-bond donors (Lipinski definition) is 0. The number of fused-ring (bicyclic) bond motifs is 9. The number of hydrogen-bond acceptors (Lipinski definition) is 2. The smallest absolute Gasteiger partial charge is 0.0643 e. The molecule has 8 aromatic carbocycles. The molecule has 2 heteroatoms. The highest BCUT2D eigenvalue weighted by atomic mass is 32.1. The number of nitrogens with zero attached hydrogens (tertiary/aromatic N) is 1. The van der Waals surface area contributed by atoms with Gasteiger partial charge in [-0.3, -0.25) is 0 Å². The minimum Gasteiger partial charge on any atom is -0.309 e. The first-order valence-corrected chi connectivity index (χ1v) is 20.1. The Bertz CT molecular complexity index is 2920. The Morgan fingerprint density at radius 3 is 1.67 bits per heavy atom. The molecular weight excluding hydrogens is 683 g/mol. The van der Waals surface area contributed by atoms with Crippen molar-refractivity contribution in [3.8, 4) is 33.4 Å². The summed E-state index contributed by atoms with van der Waals surface area (Å²) in [7, 11) is 0. The third-order valence-electron chi connectivity index (χ3n) is 12.6. The van der Waals surface area contributed by atoms with Gasteiger partial charge in [0.2, 0.25) is 0 Å². The Balaban J connectivity index is 1.10. The highest BCUT2D eigenvalue weighted by Crippen LogP contribution is 2.55. The van der Waals surface area contributed by atoms with Gasteiger partial charge in [-0.05, 0) is 117 Å². The minimum absolute atomic E-state index is 0.0381. The van der Waals surface area contributed by atoms with Gasteiger partial charge >= 0.3 is 0 Å². The van der Waals surface area contributed by atoms with E-state index in [0.29, 0.717) is 0 Å². The molecule has 0 N–H and O–H groups in total. The Morgan fingerprint density at radius 2 is 0.964 bits per heavy atom. The molecule has 262 valence electrons. The number of benzene rings is 8. The molecule has 55 heavy (non-hydrogen) atoms. The van der Waals surface area contributed by atoms with Crippen molar-refractivity contribution in [3.05, 3.63) is 210 Å². The third kappa shape index (κ3) is 4.65. The van der Waals surface area contributed by atoms with Crippen LogP contribution in [0.5, 0.6) is 0 Å². The topological polar surface area (TPSA) is 3.24 Å². The van der Waals surface area contributed by atoms with Crippen LogP contribution < -0.4 is 4.90 Å². The van der Waals surface area contributed by atoms with Crippen molar-refractivity contribution in [2.75, 3.05) is 4.90 Å². The van der Waals surface area contributed by atoms with Crippen molar-refractivity contribution in [2.24, 2.45) is 0 Å². The number of thiophene rings is 1. The average Bonchev–Trinajstić information content (AvgIpc) is 3.83. The van der Waals surface area contributed by atoms with E-state index in [2.05, 4.69) is 208 Å². The second-order valence-corrected chi connectivity index (χ2v) is 16.9. The number of anilines is 3. The van der Waals surface area contributed by atoms with Gasteiger partial charge in [-0.15, -0.1) is 11.3 Å². The van der Waals surface area contributed by atoms with Gasteiger partial charge in [0, 0.05) is 37.7 Å². The average molecular weight is 722 g/mol. The lowest BCUT2D eigenvalue weighted by atomic mass is 9.74. The van der Waals surface area contributed by atoms with E-state index < -0.39 is 0 Å². The van der Waals surface area contributed by atoms with Crippen LogP contribution in [-0.2, 0) is 10.8 Å². The Kier molecular flexibility index (Phi) is 6.97. The summed E-state index contributed by atoms with van der Waals surface area (Å²) in [6, 6.07) is 67.9. The summed E-state index contributed by atoms with van der Waals surface area (Å²) in [5.74, 6) is 0. The molecule has 1 aromatic heterocycles. The van der Waals surface area contributed by atoms with Crippen LogP contribution >= 0.6 is 11.3 Å². The van der Waals surface area contributed by atoms with Crippen LogP contribution in [0.25, 0.3) is 53.6 Å². The summed E-state index contributed by atoms with van der Waals surface area (Å²) in [4.78, 5) is 2.48. The van der Waals surface area contributed by atoms with Gasteiger partial charge in [-0.1, -0.05) is 147 Å². The van der Waals surface area contributed by atoms with Crippen molar-refractivity contribution in [3.63, 3.8) is 0 Å². The van der Waals surface area contributed by atoms with Crippen LogP contribution in [0.4, 0.5) is 17.1 Å². The van der Waals surface area contributed by atoms with Gasteiger partial charge in [-0.2, -0.15) is 0 Å². The normalized spacial score (nSPS) is 14.4. The monoisotopic (exact) mass is 721 g/mol. The molecule has 0 aliphatic heterocycles. The maximum atomic E-state index is 2.48. The van der Waals surface area contributed by atoms with Gasteiger partial charge in [0.1, 0.15) is 0 Å². The van der Waals surface area contributed by atoms with Gasteiger partial charge in [0.05, 0.1) is 10.4 Å². The number of rotatable bonds is 5. The van der Waals surface area contributed by atoms with Crippen LogP contribution in [0.2, 0.25) is 0 Å². The Hall–Kier alpha value is -6.22. The predicted molar refractivity (Wildman–Crippen MR) is 234 cm³/mol. The third-order valence-corrected chi connectivity index (χ3v) is 13.8. The SMILES string of the molecule is CC1(C)c2ccccc2-c2ccc(-c3ccc(N(c4ccccc4)c4cc(C5(C)c6ccccc6-c6ccccc65)cc5c4sc4ccccc45)cc3)cc21. The summed E-state index contributed by atoms with van der Waals surface area (Å²) in [6.45, 7) is 7.14. The summed E-state index contributed by atoms with van der Waals surface area (Å²) >= 11 is 1.89. The molecule has 2 aliphatic carbocycles. The van der Waals surface area contributed by atoms with Crippen molar-refractivity contribution in [1.82, 2.24) is 0 Å². The van der Waals surface area contributed by atoms with Gasteiger partial charge in [-0.25, -0.2) is 0 Å². The lowest BCUT2D eigenvalue weighted by molar-refractivity contribution is 0.660. The molecule has 2 aliphatic rings. The summed E-state index contributed by atoms with van der Waals surface area (Å²) < 4.78 is 2.60. The van der Waals surface area contributed by atoms with E-state index in [-0.39, 0.29) is 10.8 Å². The van der Waals surface area contributed by atoms with E-state index in [1.807, 2.05) is 11.3 Å². The Labute approximate surface area is 326 Å².